The molecular weight excluding hydrogens is 482 g/mol. The minimum atomic E-state index is -3.76. The van der Waals surface area contributed by atoms with Gasteiger partial charge in [0, 0.05) is 49.7 Å². The molecule has 0 aliphatic carbocycles. The third-order valence-electron chi connectivity index (χ3n) is 7.14. The number of pyridine rings is 1. The maximum Gasteiger partial charge on any atom is 0.316 e. The first-order valence-electron chi connectivity index (χ1n) is 11.8. The molecule has 2 aliphatic rings. The molecule has 2 aromatic heterocycles. The van der Waals surface area contributed by atoms with Gasteiger partial charge in [-0.3, -0.25) is 9.78 Å². The summed E-state index contributed by atoms with van der Waals surface area (Å²) < 4.78 is 36.7. The van der Waals surface area contributed by atoms with Crippen LogP contribution in [0.4, 0.5) is 5.69 Å². The van der Waals surface area contributed by atoms with Crippen molar-refractivity contribution in [1.29, 1.82) is 0 Å². The second-order valence-electron chi connectivity index (χ2n) is 9.72. The number of methoxy groups -OCH3 is 1. The zero-order valence-corrected chi connectivity index (χ0v) is 21.4. The van der Waals surface area contributed by atoms with Gasteiger partial charge in [0.25, 0.3) is 0 Å². The molecule has 36 heavy (non-hydrogen) atoms. The minimum absolute atomic E-state index is 0.0224. The molecular formula is C25H29N5O5S. The van der Waals surface area contributed by atoms with Crippen molar-refractivity contribution in [3.63, 3.8) is 0 Å². The zero-order chi connectivity index (χ0) is 25.5. The summed E-state index contributed by atoms with van der Waals surface area (Å²) in [5.74, 6) is -0.438. The summed E-state index contributed by atoms with van der Waals surface area (Å²) in [5.41, 5.74) is 2.31. The van der Waals surface area contributed by atoms with Crippen LogP contribution in [0.15, 0.2) is 46.1 Å². The quantitative estimate of drug-likeness (QED) is 0.492. The summed E-state index contributed by atoms with van der Waals surface area (Å²) in [4.78, 5) is 25.6. The summed E-state index contributed by atoms with van der Waals surface area (Å²) >= 11 is 0. The second kappa shape index (κ2) is 9.20. The van der Waals surface area contributed by atoms with Crippen LogP contribution in [0, 0.1) is 19.3 Å². The summed E-state index contributed by atoms with van der Waals surface area (Å²) in [6, 6.07) is 7.35. The number of hydrogen-bond donors (Lipinski definition) is 0. The summed E-state index contributed by atoms with van der Waals surface area (Å²) in [6.45, 7) is 6.44. The molecule has 3 aromatic rings. The van der Waals surface area contributed by atoms with Crippen LogP contribution < -0.4 is 9.64 Å². The molecule has 0 radical (unpaired) electrons. The largest absolute Gasteiger partial charge is 0.497 e. The van der Waals surface area contributed by atoms with Crippen molar-refractivity contribution in [3.8, 4) is 5.75 Å². The van der Waals surface area contributed by atoms with Crippen LogP contribution in [0.2, 0.25) is 0 Å². The maximum atomic E-state index is 13.1. The Hall–Kier alpha value is -3.47. The van der Waals surface area contributed by atoms with Crippen molar-refractivity contribution in [2.24, 2.45) is 5.41 Å². The normalized spacial score (nSPS) is 19.9. The van der Waals surface area contributed by atoms with Crippen molar-refractivity contribution in [2.45, 2.75) is 37.3 Å². The molecule has 5 rings (SSSR count). The topological polar surface area (TPSA) is 119 Å². The Balaban J connectivity index is 1.26. The van der Waals surface area contributed by atoms with E-state index in [0.717, 1.165) is 31.6 Å². The Morgan fingerprint density at radius 3 is 2.50 bits per heavy atom. The van der Waals surface area contributed by atoms with Gasteiger partial charge in [0.2, 0.25) is 0 Å². The first-order chi connectivity index (χ1) is 17.2. The van der Waals surface area contributed by atoms with Gasteiger partial charge < -0.3 is 19.1 Å². The zero-order valence-electron chi connectivity index (χ0n) is 20.6. The van der Waals surface area contributed by atoms with Crippen molar-refractivity contribution in [2.75, 3.05) is 38.2 Å². The third-order valence-corrected chi connectivity index (χ3v) is 9.05. The number of likely N-dealkylation sites (tertiary alicyclic amines) is 1. The highest BCUT2D eigenvalue weighted by atomic mass is 32.2. The molecule has 2 aliphatic heterocycles. The third kappa shape index (κ3) is 4.55. The average Bonchev–Trinajstić information content (AvgIpc) is 3.59. The van der Waals surface area contributed by atoms with Crippen LogP contribution in [-0.4, -0.2) is 67.6 Å². The fraction of sp³-hybridized carbons (Fsp3) is 0.440. The Morgan fingerprint density at radius 2 is 1.81 bits per heavy atom. The van der Waals surface area contributed by atoms with E-state index in [4.69, 9.17) is 9.26 Å². The molecule has 0 bridgehead atoms. The molecule has 2 saturated heterocycles. The second-order valence-corrected chi connectivity index (χ2v) is 11.6. The Morgan fingerprint density at radius 1 is 1.11 bits per heavy atom. The molecule has 1 aromatic carbocycles. The van der Waals surface area contributed by atoms with E-state index >= 15 is 0 Å². The number of carbonyl (C=O) groups is 1. The molecule has 0 N–H and O–H groups in total. The van der Waals surface area contributed by atoms with E-state index in [2.05, 4.69) is 20.0 Å². The molecule has 1 atom stereocenters. The van der Waals surface area contributed by atoms with Crippen LogP contribution >= 0.6 is 0 Å². The van der Waals surface area contributed by atoms with Gasteiger partial charge in [-0.05, 0) is 62.1 Å². The van der Waals surface area contributed by atoms with E-state index in [1.54, 1.807) is 43.3 Å². The van der Waals surface area contributed by atoms with Gasteiger partial charge >= 0.3 is 11.8 Å². The number of hydrogen-bond acceptors (Lipinski definition) is 9. The van der Waals surface area contributed by atoms with Crippen LogP contribution in [0.3, 0.4) is 0 Å². The fourth-order valence-electron chi connectivity index (χ4n) is 5.45. The highest BCUT2D eigenvalue weighted by molar-refractivity contribution is 7.90. The van der Waals surface area contributed by atoms with E-state index in [-0.39, 0.29) is 27.9 Å². The predicted molar refractivity (Wildman–Crippen MR) is 132 cm³/mol. The number of benzene rings is 1. The van der Waals surface area contributed by atoms with Crippen LogP contribution in [0.25, 0.3) is 0 Å². The monoisotopic (exact) mass is 511 g/mol. The van der Waals surface area contributed by atoms with Gasteiger partial charge in [-0.1, -0.05) is 5.16 Å². The van der Waals surface area contributed by atoms with Crippen LogP contribution in [0.1, 0.15) is 40.5 Å². The fourth-order valence-corrected chi connectivity index (χ4v) is 7.15. The molecule has 0 saturated carbocycles. The van der Waals surface area contributed by atoms with Crippen molar-refractivity contribution in [1.82, 2.24) is 20.0 Å². The lowest BCUT2D eigenvalue weighted by Gasteiger charge is -2.25. The number of aromatic nitrogens is 3. The Labute approximate surface area is 210 Å². The summed E-state index contributed by atoms with van der Waals surface area (Å²) in [7, 11) is -2.22. The van der Waals surface area contributed by atoms with Crippen LogP contribution in [-0.2, 0) is 15.6 Å². The molecule has 1 unspecified atom stereocenters. The van der Waals surface area contributed by atoms with E-state index in [1.807, 2.05) is 12.1 Å². The van der Waals surface area contributed by atoms with Crippen molar-refractivity contribution in [3.05, 3.63) is 59.5 Å². The number of amides is 1. The number of sulfone groups is 1. The van der Waals surface area contributed by atoms with E-state index in [9.17, 15) is 13.2 Å². The number of anilines is 1. The lowest BCUT2D eigenvalue weighted by Crippen LogP contribution is -2.34. The smallest absolute Gasteiger partial charge is 0.316 e. The van der Waals surface area contributed by atoms with E-state index in [0.29, 0.717) is 30.0 Å². The van der Waals surface area contributed by atoms with Gasteiger partial charge in [-0.15, -0.1) is 0 Å². The Kier molecular flexibility index (Phi) is 6.19. The summed E-state index contributed by atoms with van der Waals surface area (Å²) in [6.07, 6.45) is 5.46. The van der Waals surface area contributed by atoms with Gasteiger partial charge in [0.05, 0.1) is 12.0 Å². The lowest BCUT2D eigenvalue weighted by atomic mass is 9.86. The summed E-state index contributed by atoms with van der Waals surface area (Å²) in [5, 5.41) is 3.80. The molecule has 1 amide bonds. The highest BCUT2D eigenvalue weighted by Crippen LogP contribution is 2.41. The molecule has 1 spiro atoms. The van der Waals surface area contributed by atoms with E-state index < -0.39 is 15.6 Å². The first-order valence-corrected chi connectivity index (χ1v) is 13.5. The molecule has 4 heterocycles. The van der Waals surface area contributed by atoms with Crippen molar-refractivity contribution >= 4 is 21.4 Å². The number of nitrogens with zero attached hydrogens (tertiary/aromatic N) is 5. The number of rotatable bonds is 6. The van der Waals surface area contributed by atoms with Crippen LogP contribution in [0.5, 0.6) is 5.75 Å². The Bertz CT molecular complexity index is 1370. The first kappa shape index (κ1) is 24.2. The standard InChI is InChI=1S/C25H29N5O5S/c1-17-12-20(34-3)13-18(2)22(17)36(32,33)14-21-27-23(35-28-21)24(31)30-11-7-25(16-30)6-10-29(15-25)19-4-8-26-9-5-19/h4-5,8-9,12-13H,6-7,10-11,14-16H2,1-3H3. The molecule has 2 fully saturated rings. The average molecular weight is 512 g/mol. The van der Waals surface area contributed by atoms with E-state index in [1.165, 1.54) is 7.11 Å². The lowest BCUT2D eigenvalue weighted by molar-refractivity contribution is 0.0726. The van der Waals surface area contributed by atoms with Gasteiger partial charge in [0.1, 0.15) is 11.5 Å². The molecule has 10 nitrogen and oxygen atoms in total. The predicted octanol–water partition coefficient (Wildman–Crippen LogP) is 2.81. The minimum Gasteiger partial charge on any atom is -0.497 e. The highest BCUT2D eigenvalue weighted by Gasteiger charge is 2.45. The number of ether oxygens (including phenoxy) is 1. The molecule has 11 heteroatoms. The number of aryl methyl sites for hydroxylation is 2. The molecule has 190 valence electrons. The maximum absolute atomic E-state index is 13.1. The van der Waals surface area contributed by atoms with Gasteiger partial charge in [0.15, 0.2) is 15.7 Å². The SMILES string of the molecule is COc1cc(C)c(S(=O)(=O)Cc2noc(C(=O)N3CCC4(CCN(c5ccncc5)C4)C3)n2)c(C)c1. The van der Waals surface area contributed by atoms with Gasteiger partial charge in [-0.25, -0.2) is 8.42 Å². The van der Waals surface area contributed by atoms with Gasteiger partial charge in [-0.2, -0.15) is 4.98 Å². The number of carbonyl (C=O) groups excluding carboxylic acids is 1. The van der Waals surface area contributed by atoms with Crippen molar-refractivity contribution < 1.29 is 22.5 Å².